The van der Waals surface area contributed by atoms with Crippen molar-refractivity contribution in [2.75, 3.05) is 18.1 Å². The second kappa shape index (κ2) is 6.31. The summed E-state index contributed by atoms with van der Waals surface area (Å²) < 4.78 is 37.9. The Bertz CT molecular complexity index is 829. The van der Waals surface area contributed by atoms with E-state index in [0.29, 0.717) is 19.5 Å². The first-order valence-corrected chi connectivity index (χ1v) is 9.47. The summed E-state index contributed by atoms with van der Waals surface area (Å²) in [4.78, 5) is 11.9. The number of hydrogen-bond donors (Lipinski definition) is 1. The molecule has 1 atom stereocenters. The highest BCUT2D eigenvalue weighted by atomic mass is 32.2. The number of nitrogens with one attached hydrogen (secondary N) is 1. The molecule has 1 amide bonds. The maximum Gasteiger partial charge on any atom is 0.221 e. The van der Waals surface area contributed by atoms with E-state index < -0.39 is 9.84 Å². The molecule has 1 fully saturated rings. The van der Waals surface area contributed by atoms with Crippen LogP contribution in [0.25, 0.3) is 10.9 Å². The van der Waals surface area contributed by atoms with Crippen LogP contribution in [0.4, 0.5) is 4.39 Å². The zero-order chi connectivity index (χ0) is 16.4. The monoisotopic (exact) mass is 338 g/mol. The van der Waals surface area contributed by atoms with Gasteiger partial charge in [0.1, 0.15) is 5.82 Å². The van der Waals surface area contributed by atoms with E-state index in [-0.39, 0.29) is 35.6 Å². The number of carbonyl (C=O) groups is 1. The van der Waals surface area contributed by atoms with Gasteiger partial charge in [0, 0.05) is 25.7 Å². The van der Waals surface area contributed by atoms with E-state index in [1.54, 1.807) is 6.07 Å². The van der Waals surface area contributed by atoms with Crippen LogP contribution in [0, 0.1) is 11.7 Å². The summed E-state index contributed by atoms with van der Waals surface area (Å²) >= 11 is 0. The summed E-state index contributed by atoms with van der Waals surface area (Å²) in [5.41, 5.74) is 0.764. The third kappa shape index (κ3) is 3.90. The van der Waals surface area contributed by atoms with Crippen molar-refractivity contribution in [2.45, 2.75) is 19.4 Å². The van der Waals surface area contributed by atoms with Crippen molar-refractivity contribution < 1.29 is 17.6 Å². The van der Waals surface area contributed by atoms with E-state index in [0.717, 1.165) is 10.9 Å². The average molecular weight is 338 g/mol. The highest BCUT2D eigenvalue weighted by molar-refractivity contribution is 7.91. The van der Waals surface area contributed by atoms with Gasteiger partial charge < -0.3 is 9.88 Å². The highest BCUT2D eigenvalue weighted by Crippen LogP contribution is 2.18. The molecule has 5 nitrogen and oxygen atoms in total. The molecule has 1 aromatic heterocycles. The third-order valence-corrected chi connectivity index (χ3v) is 6.07. The van der Waals surface area contributed by atoms with Gasteiger partial charge in [0.2, 0.25) is 5.91 Å². The van der Waals surface area contributed by atoms with E-state index in [1.165, 1.54) is 12.1 Å². The first kappa shape index (κ1) is 16.0. The van der Waals surface area contributed by atoms with Crippen molar-refractivity contribution in [3.8, 4) is 0 Å². The molecule has 0 spiro atoms. The lowest BCUT2D eigenvalue weighted by Gasteiger charge is -2.10. The van der Waals surface area contributed by atoms with Crippen LogP contribution in [0.5, 0.6) is 0 Å². The molecule has 7 heteroatoms. The first-order chi connectivity index (χ1) is 10.9. The van der Waals surface area contributed by atoms with Crippen molar-refractivity contribution in [1.29, 1.82) is 0 Å². The molecule has 3 rings (SSSR count). The molecule has 0 bridgehead atoms. The Morgan fingerprint density at radius 2 is 2.17 bits per heavy atom. The Hall–Kier alpha value is -1.89. The van der Waals surface area contributed by atoms with Crippen molar-refractivity contribution in [1.82, 2.24) is 9.88 Å². The van der Waals surface area contributed by atoms with Crippen LogP contribution in [-0.4, -0.2) is 36.9 Å². The van der Waals surface area contributed by atoms with Gasteiger partial charge in [-0.25, -0.2) is 12.8 Å². The summed E-state index contributed by atoms with van der Waals surface area (Å²) in [5, 5.41) is 3.73. The summed E-state index contributed by atoms with van der Waals surface area (Å²) in [6.07, 6.45) is 2.73. The molecule has 1 aromatic carbocycles. The van der Waals surface area contributed by atoms with Gasteiger partial charge in [-0.05, 0) is 42.0 Å². The average Bonchev–Trinajstić information content (AvgIpc) is 3.05. The minimum atomic E-state index is -2.91. The molecule has 1 saturated heterocycles. The second-order valence-electron chi connectivity index (χ2n) is 6.04. The van der Waals surface area contributed by atoms with Gasteiger partial charge in [0.15, 0.2) is 9.84 Å². The van der Waals surface area contributed by atoms with Gasteiger partial charge in [0.05, 0.1) is 17.0 Å². The number of aryl methyl sites for hydroxylation is 1. The fraction of sp³-hybridized carbons (Fsp3) is 0.438. The number of halogens is 1. The van der Waals surface area contributed by atoms with E-state index in [9.17, 15) is 17.6 Å². The summed E-state index contributed by atoms with van der Waals surface area (Å²) in [5.74, 6) is -0.0224. The van der Waals surface area contributed by atoms with Crippen molar-refractivity contribution >= 4 is 26.6 Å². The standard InChI is InChI=1S/C16H19FN2O3S/c17-14-2-1-13-3-6-19(15(13)9-14)7-4-16(20)18-10-12-5-8-23(21,22)11-12/h1-3,6,9,12H,4-5,7-8,10-11H2,(H,18,20). The predicted octanol–water partition coefficient (Wildman–Crippen LogP) is 1.72. The minimum absolute atomic E-state index is 0.0189. The third-order valence-electron chi connectivity index (χ3n) is 4.23. The zero-order valence-corrected chi connectivity index (χ0v) is 13.5. The quantitative estimate of drug-likeness (QED) is 0.903. The molecule has 1 aliphatic heterocycles. The lowest BCUT2D eigenvalue weighted by Crippen LogP contribution is -2.30. The van der Waals surface area contributed by atoms with Crippen molar-refractivity contribution in [3.05, 3.63) is 36.3 Å². The first-order valence-electron chi connectivity index (χ1n) is 7.64. The Kier molecular flexibility index (Phi) is 4.39. The van der Waals surface area contributed by atoms with Gasteiger partial charge in [-0.3, -0.25) is 4.79 Å². The number of fused-ring (bicyclic) bond motifs is 1. The Labute approximate surface area is 134 Å². The van der Waals surface area contributed by atoms with Gasteiger partial charge in [-0.2, -0.15) is 0 Å². The Morgan fingerprint density at radius 3 is 2.91 bits per heavy atom. The minimum Gasteiger partial charge on any atom is -0.356 e. The number of benzene rings is 1. The molecule has 0 saturated carbocycles. The van der Waals surface area contributed by atoms with Crippen LogP contribution in [-0.2, 0) is 21.2 Å². The zero-order valence-electron chi connectivity index (χ0n) is 12.7. The van der Waals surface area contributed by atoms with E-state index in [4.69, 9.17) is 0 Å². The van der Waals surface area contributed by atoms with Crippen LogP contribution in [0.15, 0.2) is 30.5 Å². The number of rotatable bonds is 5. The van der Waals surface area contributed by atoms with Crippen molar-refractivity contribution in [2.24, 2.45) is 5.92 Å². The SMILES string of the molecule is O=C(CCn1ccc2ccc(F)cc21)NCC1CCS(=O)(=O)C1. The van der Waals surface area contributed by atoms with Crippen LogP contribution >= 0.6 is 0 Å². The van der Waals surface area contributed by atoms with Crippen LogP contribution < -0.4 is 5.32 Å². The molecule has 1 unspecified atom stereocenters. The highest BCUT2D eigenvalue weighted by Gasteiger charge is 2.27. The van der Waals surface area contributed by atoms with Crippen LogP contribution in [0.2, 0.25) is 0 Å². The molecule has 2 heterocycles. The molecular weight excluding hydrogens is 319 g/mol. The molecule has 124 valence electrons. The molecule has 0 aliphatic carbocycles. The number of aromatic nitrogens is 1. The smallest absolute Gasteiger partial charge is 0.221 e. The molecule has 0 radical (unpaired) electrons. The number of carbonyl (C=O) groups excluding carboxylic acids is 1. The van der Waals surface area contributed by atoms with Crippen molar-refractivity contribution in [3.63, 3.8) is 0 Å². The number of sulfone groups is 1. The van der Waals surface area contributed by atoms with Crippen LogP contribution in [0.3, 0.4) is 0 Å². The van der Waals surface area contributed by atoms with Gasteiger partial charge in [-0.15, -0.1) is 0 Å². The lowest BCUT2D eigenvalue weighted by atomic mass is 10.1. The van der Waals surface area contributed by atoms with Gasteiger partial charge in [-0.1, -0.05) is 0 Å². The maximum absolute atomic E-state index is 13.3. The molecule has 1 aliphatic rings. The van der Waals surface area contributed by atoms with Gasteiger partial charge in [0.25, 0.3) is 0 Å². The molecule has 23 heavy (non-hydrogen) atoms. The Balaban J connectivity index is 1.51. The fourth-order valence-electron chi connectivity index (χ4n) is 2.95. The molecule has 2 aromatic rings. The number of nitrogens with zero attached hydrogens (tertiary/aromatic N) is 1. The van der Waals surface area contributed by atoms with E-state index in [1.807, 2.05) is 16.8 Å². The van der Waals surface area contributed by atoms with E-state index in [2.05, 4.69) is 5.32 Å². The second-order valence-corrected chi connectivity index (χ2v) is 8.26. The fourth-order valence-corrected chi connectivity index (χ4v) is 4.82. The summed E-state index contributed by atoms with van der Waals surface area (Å²) in [6, 6.07) is 6.46. The van der Waals surface area contributed by atoms with Gasteiger partial charge >= 0.3 is 0 Å². The lowest BCUT2D eigenvalue weighted by molar-refractivity contribution is -0.121. The number of amides is 1. The largest absolute Gasteiger partial charge is 0.356 e. The van der Waals surface area contributed by atoms with Crippen LogP contribution in [0.1, 0.15) is 12.8 Å². The molecular formula is C16H19FN2O3S. The number of hydrogen-bond acceptors (Lipinski definition) is 3. The maximum atomic E-state index is 13.3. The summed E-state index contributed by atoms with van der Waals surface area (Å²) in [6.45, 7) is 0.862. The molecule has 1 N–H and O–H groups in total. The predicted molar refractivity (Wildman–Crippen MR) is 86.3 cm³/mol. The topological polar surface area (TPSA) is 68.2 Å². The normalized spacial score (nSPS) is 20.0. The Morgan fingerprint density at radius 1 is 1.35 bits per heavy atom. The van der Waals surface area contributed by atoms with E-state index >= 15 is 0 Å². The summed E-state index contributed by atoms with van der Waals surface area (Å²) in [7, 11) is -2.91.